The van der Waals surface area contributed by atoms with Crippen LogP contribution in [0, 0.1) is 12.7 Å². The topological polar surface area (TPSA) is 135 Å². The van der Waals surface area contributed by atoms with E-state index < -0.39 is 24.1 Å². The van der Waals surface area contributed by atoms with E-state index in [-0.39, 0.29) is 68.6 Å². The van der Waals surface area contributed by atoms with Crippen molar-refractivity contribution in [2.45, 2.75) is 20.5 Å². The fourth-order valence-electron chi connectivity index (χ4n) is 3.71. The van der Waals surface area contributed by atoms with Gasteiger partial charge in [-0.1, -0.05) is 17.7 Å². The molecule has 2 aromatic carbocycles. The molecule has 11 nitrogen and oxygen atoms in total. The number of benzene rings is 2. The number of aromatic nitrogens is 4. The molecular weight excluding hydrogens is 523 g/mol. The summed E-state index contributed by atoms with van der Waals surface area (Å²) in [6.45, 7) is 2.15. The minimum absolute atomic E-state index is 0.0254. The number of rotatable bonds is 9. The van der Waals surface area contributed by atoms with Crippen molar-refractivity contribution in [2.75, 3.05) is 20.8 Å². The fourth-order valence-corrected chi connectivity index (χ4v) is 3.95. The number of halogens is 2. The van der Waals surface area contributed by atoms with Crippen molar-refractivity contribution < 1.29 is 32.9 Å². The summed E-state index contributed by atoms with van der Waals surface area (Å²) in [4.78, 5) is 47.8. The molecule has 38 heavy (non-hydrogen) atoms. The van der Waals surface area contributed by atoms with E-state index in [1.807, 2.05) is 0 Å². The summed E-state index contributed by atoms with van der Waals surface area (Å²) >= 11 is 6.53. The molecular formula is C25H22ClFN4O7. The van der Waals surface area contributed by atoms with Gasteiger partial charge in [-0.2, -0.15) is 0 Å². The Balaban J connectivity index is 1.86. The Morgan fingerprint density at radius 1 is 1.11 bits per heavy atom. The molecule has 0 unspecified atom stereocenters. The van der Waals surface area contributed by atoms with Crippen molar-refractivity contribution in [3.8, 4) is 22.9 Å². The number of aryl methyl sites for hydroxylation is 1. The summed E-state index contributed by atoms with van der Waals surface area (Å²) < 4.78 is 36.9. The van der Waals surface area contributed by atoms with Crippen LogP contribution in [0.4, 0.5) is 4.39 Å². The lowest BCUT2D eigenvalue weighted by Crippen LogP contribution is -2.17. The lowest BCUT2D eigenvalue weighted by molar-refractivity contribution is -0.142. The smallest absolute Gasteiger partial charge is 0.343 e. The van der Waals surface area contributed by atoms with Crippen LogP contribution in [-0.2, 0) is 16.1 Å². The third-order valence-corrected chi connectivity index (χ3v) is 5.78. The van der Waals surface area contributed by atoms with Crippen LogP contribution in [0.2, 0.25) is 5.02 Å². The highest BCUT2D eigenvalue weighted by atomic mass is 35.5. The molecule has 2 aromatic heterocycles. The number of hydrogen-bond donors (Lipinski definition) is 1. The Hall–Kier alpha value is -4.45. The SMILES string of the molecule is COC(=O)COc1cc(Cl)c(-n2c(=O)[nH]c3c(C(C)=O)nc(C)nc32)cc1OCc1c(F)cccc1OC. The van der Waals surface area contributed by atoms with E-state index >= 15 is 0 Å². The second-order valence-electron chi connectivity index (χ2n) is 7.96. The lowest BCUT2D eigenvalue weighted by Gasteiger charge is -2.17. The molecule has 1 N–H and O–H groups in total. The maximum absolute atomic E-state index is 14.5. The van der Waals surface area contributed by atoms with Gasteiger partial charge in [0.05, 0.1) is 30.5 Å². The molecule has 0 aliphatic carbocycles. The number of nitrogens with one attached hydrogen (secondary N) is 1. The number of carbonyl (C=O) groups is 2. The number of hydrogen-bond acceptors (Lipinski definition) is 9. The molecule has 2 heterocycles. The molecule has 0 spiro atoms. The number of esters is 1. The third-order valence-electron chi connectivity index (χ3n) is 5.48. The average molecular weight is 545 g/mol. The molecule has 0 bridgehead atoms. The highest BCUT2D eigenvalue weighted by molar-refractivity contribution is 6.32. The number of ketones is 1. The van der Waals surface area contributed by atoms with Crippen molar-refractivity contribution in [1.29, 1.82) is 0 Å². The van der Waals surface area contributed by atoms with E-state index in [2.05, 4.69) is 19.7 Å². The quantitative estimate of drug-likeness (QED) is 0.248. The lowest BCUT2D eigenvalue weighted by atomic mass is 10.2. The van der Waals surface area contributed by atoms with Gasteiger partial charge in [0.2, 0.25) is 0 Å². The van der Waals surface area contributed by atoms with Crippen molar-refractivity contribution in [1.82, 2.24) is 19.5 Å². The van der Waals surface area contributed by atoms with Crippen molar-refractivity contribution >= 4 is 34.5 Å². The van der Waals surface area contributed by atoms with E-state index in [1.165, 1.54) is 45.4 Å². The molecule has 4 aromatic rings. The maximum Gasteiger partial charge on any atom is 0.343 e. The predicted molar refractivity (Wildman–Crippen MR) is 134 cm³/mol. The van der Waals surface area contributed by atoms with Gasteiger partial charge in [0, 0.05) is 19.1 Å². The molecule has 0 fully saturated rings. The Kier molecular flexibility index (Phi) is 7.62. The molecule has 0 saturated heterocycles. The summed E-state index contributed by atoms with van der Waals surface area (Å²) in [5, 5.41) is 0.0318. The molecule has 0 atom stereocenters. The molecule has 0 amide bonds. The van der Waals surface area contributed by atoms with Gasteiger partial charge in [0.25, 0.3) is 0 Å². The molecule has 4 rings (SSSR count). The van der Waals surface area contributed by atoms with Gasteiger partial charge < -0.3 is 23.9 Å². The van der Waals surface area contributed by atoms with Crippen LogP contribution in [-0.4, -0.2) is 52.1 Å². The van der Waals surface area contributed by atoms with Gasteiger partial charge in [0.1, 0.15) is 35.2 Å². The number of aromatic amines is 1. The number of methoxy groups -OCH3 is 2. The van der Waals surface area contributed by atoms with Crippen LogP contribution < -0.4 is 19.9 Å². The van der Waals surface area contributed by atoms with Crippen LogP contribution in [0.3, 0.4) is 0 Å². The monoisotopic (exact) mass is 544 g/mol. The Labute approximate surface area is 220 Å². The zero-order valence-corrected chi connectivity index (χ0v) is 21.5. The van der Waals surface area contributed by atoms with Gasteiger partial charge in [-0.25, -0.2) is 28.5 Å². The van der Waals surface area contributed by atoms with Crippen molar-refractivity contribution in [3.05, 3.63) is 68.7 Å². The molecule has 198 valence electrons. The number of imidazole rings is 1. The number of Topliss-reactive ketones (excluding diaryl/α,β-unsaturated/α-hetero) is 1. The van der Waals surface area contributed by atoms with Gasteiger partial charge >= 0.3 is 11.7 Å². The first-order chi connectivity index (χ1) is 18.1. The van der Waals surface area contributed by atoms with E-state index in [9.17, 15) is 18.8 Å². The summed E-state index contributed by atoms with van der Waals surface area (Å²) in [5.74, 6) is -1.02. The Bertz CT molecular complexity index is 1620. The minimum atomic E-state index is -0.663. The zero-order chi connectivity index (χ0) is 27.6. The number of H-pyrrole nitrogens is 1. The fraction of sp³-hybridized carbons (Fsp3) is 0.240. The van der Waals surface area contributed by atoms with E-state index in [4.69, 9.17) is 25.8 Å². The van der Waals surface area contributed by atoms with Crippen LogP contribution >= 0.6 is 11.6 Å². The number of fused-ring (bicyclic) bond motifs is 1. The largest absolute Gasteiger partial charge is 0.496 e. The van der Waals surface area contributed by atoms with Crippen LogP contribution in [0.15, 0.2) is 35.1 Å². The van der Waals surface area contributed by atoms with Crippen LogP contribution in [0.25, 0.3) is 16.9 Å². The van der Waals surface area contributed by atoms with E-state index in [0.29, 0.717) is 0 Å². The third kappa shape index (κ3) is 5.16. The summed E-state index contributed by atoms with van der Waals surface area (Å²) in [5.41, 5.74) is -0.108. The normalized spacial score (nSPS) is 10.9. The second kappa shape index (κ2) is 10.9. The van der Waals surface area contributed by atoms with Gasteiger partial charge in [-0.3, -0.25) is 4.79 Å². The van der Waals surface area contributed by atoms with Crippen molar-refractivity contribution in [3.63, 3.8) is 0 Å². The van der Waals surface area contributed by atoms with E-state index in [1.54, 1.807) is 13.0 Å². The van der Waals surface area contributed by atoms with Gasteiger partial charge in [0.15, 0.2) is 29.5 Å². The number of carbonyl (C=O) groups excluding carboxylic acids is 2. The number of ether oxygens (including phenoxy) is 4. The first kappa shape index (κ1) is 26.6. The van der Waals surface area contributed by atoms with E-state index in [0.717, 1.165) is 4.57 Å². The maximum atomic E-state index is 14.5. The minimum Gasteiger partial charge on any atom is -0.496 e. The summed E-state index contributed by atoms with van der Waals surface area (Å²) in [7, 11) is 2.60. The summed E-state index contributed by atoms with van der Waals surface area (Å²) in [6, 6.07) is 7.03. The second-order valence-corrected chi connectivity index (χ2v) is 8.37. The molecule has 0 saturated carbocycles. The zero-order valence-electron chi connectivity index (χ0n) is 20.8. The Morgan fingerprint density at radius 3 is 2.53 bits per heavy atom. The molecule has 0 radical (unpaired) electrons. The molecule has 0 aliphatic rings. The first-order valence-electron chi connectivity index (χ1n) is 11.1. The van der Waals surface area contributed by atoms with Crippen molar-refractivity contribution in [2.24, 2.45) is 0 Å². The Morgan fingerprint density at radius 2 is 1.84 bits per heavy atom. The van der Waals surface area contributed by atoms with Crippen LogP contribution in [0.1, 0.15) is 28.8 Å². The van der Waals surface area contributed by atoms with Crippen LogP contribution in [0.5, 0.6) is 17.2 Å². The highest BCUT2D eigenvalue weighted by Crippen LogP contribution is 2.37. The highest BCUT2D eigenvalue weighted by Gasteiger charge is 2.22. The van der Waals surface area contributed by atoms with Gasteiger partial charge in [-0.15, -0.1) is 0 Å². The average Bonchev–Trinajstić information content (AvgIpc) is 3.21. The number of nitrogens with zero attached hydrogens (tertiary/aromatic N) is 3. The first-order valence-corrected chi connectivity index (χ1v) is 11.5. The predicted octanol–water partition coefficient (Wildman–Crippen LogP) is 3.55. The standard InChI is InChI=1S/C25H22ClFN4O7/c1-12(32)22-23-24(29-13(2)28-22)31(25(34)30-23)17-9-20(19(8-15(17)26)38-11-21(33)36-4)37-10-14-16(27)6-5-7-18(14)35-3/h5-9H,10-11H2,1-4H3,(H,30,34). The summed E-state index contributed by atoms with van der Waals surface area (Å²) in [6.07, 6.45) is 0. The molecule has 13 heteroatoms. The van der Waals surface area contributed by atoms with Gasteiger partial charge in [-0.05, 0) is 19.1 Å². The molecule has 0 aliphatic heterocycles.